The number of hydrogen-bond acceptors (Lipinski definition) is 5. The largest absolute Gasteiger partial charge is 0.381 e. The van der Waals surface area contributed by atoms with Crippen LogP contribution in [0.5, 0.6) is 0 Å². The monoisotopic (exact) mass is 332 g/mol. The number of fused-ring (bicyclic) bond motifs is 1. The van der Waals surface area contributed by atoms with Crippen LogP contribution in [-0.4, -0.2) is 39.4 Å². The normalized spacial score (nSPS) is 22.0. The Bertz CT molecular complexity index is 649. The standard InChI is InChI=1S/C17H24N4OS/c1-13-19-16(12-23-13)8-20-6-15(11-22-10-14-2-3-14)7-21-17(9-20)4-5-18-21/h4-5,12,14-15H,2-3,6-11H2,1H3/t15-/m1/s1. The Morgan fingerprint density at radius 2 is 2.13 bits per heavy atom. The van der Waals surface area contributed by atoms with E-state index in [4.69, 9.17) is 4.74 Å². The molecule has 5 nitrogen and oxygen atoms in total. The first-order chi connectivity index (χ1) is 11.3. The van der Waals surface area contributed by atoms with Gasteiger partial charge in [-0.25, -0.2) is 4.98 Å². The van der Waals surface area contributed by atoms with E-state index in [1.54, 1.807) is 11.3 Å². The molecule has 6 heteroatoms. The molecule has 4 rings (SSSR count). The molecule has 1 aliphatic heterocycles. The highest BCUT2D eigenvalue weighted by Gasteiger charge is 2.25. The molecule has 1 atom stereocenters. The second-order valence-electron chi connectivity index (χ2n) is 6.88. The summed E-state index contributed by atoms with van der Waals surface area (Å²) >= 11 is 1.73. The SMILES string of the molecule is Cc1nc(CN2Cc3ccnn3C[C@H](COCC3CC3)C2)cs1. The Labute approximate surface area is 141 Å². The molecule has 3 heterocycles. The lowest BCUT2D eigenvalue weighted by atomic mass is 10.1. The van der Waals surface area contributed by atoms with Gasteiger partial charge in [0, 0.05) is 50.3 Å². The highest BCUT2D eigenvalue weighted by atomic mass is 32.1. The van der Waals surface area contributed by atoms with Crippen molar-refractivity contribution in [3.05, 3.63) is 34.0 Å². The van der Waals surface area contributed by atoms with Gasteiger partial charge in [-0.2, -0.15) is 5.10 Å². The third-order valence-electron chi connectivity index (χ3n) is 4.59. The molecule has 124 valence electrons. The zero-order valence-corrected chi connectivity index (χ0v) is 14.5. The molecule has 2 aliphatic rings. The molecular weight excluding hydrogens is 308 g/mol. The van der Waals surface area contributed by atoms with Crippen LogP contribution in [0, 0.1) is 18.8 Å². The lowest BCUT2D eigenvalue weighted by Gasteiger charge is -2.23. The Morgan fingerprint density at radius 3 is 2.91 bits per heavy atom. The van der Waals surface area contributed by atoms with Gasteiger partial charge in [0.2, 0.25) is 0 Å². The van der Waals surface area contributed by atoms with Gasteiger partial charge in [-0.15, -0.1) is 11.3 Å². The summed E-state index contributed by atoms with van der Waals surface area (Å²) in [4.78, 5) is 7.11. The Kier molecular flexibility index (Phi) is 4.46. The molecule has 0 N–H and O–H groups in total. The van der Waals surface area contributed by atoms with E-state index in [2.05, 4.69) is 38.0 Å². The van der Waals surface area contributed by atoms with Crippen molar-refractivity contribution in [3.63, 3.8) is 0 Å². The van der Waals surface area contributed by atoms with Crippen LogP contribution in [-0.2, 0) is 24.4 Å². The second kappa shape index (κ2) is 6.71. The maximum absolute atomic E-state index is 5.97. The number of thiazole rings is 1. The van der Waals surface area contributed by atoms with Gasteiger partial charge in [0.25, 0.3) is 0 Å². The number of rotatable bonds is 6. The minimum absolute atomic E-state index is 0.495. The minimum Gasteiger partial charge on any atom is -0.381 e. The van der Waals surface area contributed by atoms with Crippen molar-refractivity contribution in [2.75, 3.05) is 19.8 Å². The molecule has 1 saturated carbocycles. The van der Waals surface area contributed by atoms with E-state index in [0.717, 1.165) is 50.3 Å². The molecule has 1 aliphatic carbocycles. The average molecular weight is 332 g/mol. The fraction of sp³-hybridized carbons (Fsp3) is 0.647. The van der Waals surface area contributed by atoms with Crippen LogP contribution in [0.4, 0.5) is 0 Å². The Morgan fingerprint density at radius 1 is 1.26 bits per heavy atom. The highest BCUT2D eigenvalue weighted by Crippen LogP contribution is 2.29. The van der Waals surface area contributed by atoms with Crippen molar-refractivity contribution in [1.82, 2.24) is 19.7 Å². The quantitative estimate of drug-likeness (QED) is 0.816. The maximum Gasteiger partial charge on any atom is 0.0897 e. The van der Waals surface area contributed by atoms with Crippen LogP contribution in [0.2, 0.25) is 0 Å². The fourth-order valence-electron chi connectivity index (χ4n) is 3.24. The minimum atomic E-state index is 0.495. The van der Waals surface area contributed by atoms with Crippen molar-refractivity contribution in [3.8, 4) is 0 Å². The van der Waals surface area contributed by atoms with E-state index in [-0.39, 0.29) is 0 Å². The van der Waals surface area contributed by atoms with Crippen molar-refractivity contribution in [2.45, 2.75) is 39.4 Å². The van der Waals surface area contributed by atoms with Crippen molar-refractivity contribution in [1.29, 1.82) is 0 Å². The first-order valence-corrected chi connectivity index (χ1v) is 9.36. The van der Waals surface area contributed by atoms with Crippen LogP contribution in [0.25, 0.3) is 0 Å². The molecule has 0 unspecified atom stereocenters. The molecule has 23 heavy (non-hydrogen) atoms. The van der Waals surface area contributed by atoms with E-state index < -0.39 is 0 Å². The summed E-state index contributed by atoms with van der Waals surface area (Å²) in [6.07, 6.45) is 4.61. The summed E-state index contributed by atoms with van der Waals surface area (Å²) in [5.41, 5.74) is 2.47. The van der Waals surface area contributed by atoms with Gasteiger partial charge in [-0.05, 0) is 31.7 Å². The summed E-state index contributed by atoms with van der Waals surface area (Å²) in [6, 6.07) is 2.13. The number of aryl methyl sites for hydroxylation is 1. The summed E-state index contributed by atoms with van der Waals surface area (Å²) < 4.78 is 8.12. The summed E-state index contributed by atoms with van der Waals surface area (Å²) in [7, 11) is 0. The topological polar surface area (TPSA) is 43.2 Å². The van der Waals surface area contributed by atoms with Crippen molar-refractivity contribution in [2.24, 2.45) is 11.8 Å². The Balaban J connectivity index is 1.42. The van der Waals surface area contributed by atoms with Gasteiger partial charge >= 0.3 is 0 Å². The fourth-order valence-corrected chi connectivity index (χ4v) is 3.85. The summed E-state index contributed by atoms with van der Waals surface area (Å²) in [5.74, 6) is 1.32. The van der Waals surface area contributed by atoms with Gasteiger partial charge in [0.05, 0.1) is 23.0 Å². The van der Waals surface area contributed by atoms with Crippen LogP contribution in [0.3, 0.4) is 0 Å². The number of ether oxygens (including phenoxy) is 1. The molecular formula is C17H24N4OS. The summed E-state index contributed by atoms with van der Waals surface area (Å²) in [6.45, 7) is 7.70. The lowest BCUT2D eigenvalue weighted by molar-refractivity contribution is 0.0694. The van der Waals surface area contributed by atoms with E-state index in [9.17, 15) is 0 Å². The molecule has 0 bridgehead atoms. The van der Waals surface area contributed by atoms with Crippen molar-refractivity contribution >= 4 is 11.3 Å². The molecule has 0 spiro atoms. The highest BCUT2D eigenvalue weighted by molar-refractivity contribution is 7.09. The molecule has 0 aromatic carbocycles. The maximum atomic E-state index is 5.97. The molecule has 2 aromatic rings. The van der Waals surface area contributed by atoms with Gasteiger partial charge in [0.1, 0.15) is 0 Å². The molecule has 0 amide bonds. The van der Waals surface area contributed by atoms with E-state index in [1.807, 2.05) is 6.20 Å². The van der Waals surface area contributed by atoms with Crippen LogP contribution < -0.4 is 0 Å². The molecule has 2 aromatic heterocycles. The second-order valence-corrected chi connectivity index (χ2v) is 7.94. The molecule has 1 fully saturated rings. The van der Waals surface area contributed by atoms with E-state index in [0.29, 0.717) is 5.92 Å². The first-order valence-electron chi connectivity index (χ1n) is 8.48. The number of nitrogens with zero attached hydrogens (tertiary/aromatic N) is 4. The van der Waals surface area contributed by atoms with E-state index >= 15 is 0 Å². The average Bonchev–Trinajstić information content (AvgIpc) is 3.16. The van der Waals surface area contributed by atoms with Crippen molar-refractivity contribution < 1.29 is 4.74 Å². The van der Waals surface area contributed by atoms with Gasteiger partial charge in [-0.3, -0.25) is 9.58 Å². The van der Waals surface area contributed by atoms with Gasteiger partial charge < -0.3 is 4.74 Å². The van der Waals surface area contributed by atoms with Gasteiger partial charge in [0.15, 0.2) is 0 Å². The Hall–Kier alpha value is -1.24. The lowest BCUT2D eigenvalue weighted by Crippen LogP contribution is -2.30. The smallest absolute Gasteiger partial charge is 0.0897 e. The number of aromatic nitrogens is 3. The van der Waals surface area contributed by atoms with E-state index in [1.165, 1.54) is 24.2 Å². The number of hydrogen-bond donors (Lipinski definition) is 0. The van der Waals surface area contributed by atoms with Crippen LogP contribution in [0.1, 0.15) is 29.2 Å². The predicted molar refractivity (Wildman–Crippen MR) is 90.2 cm³/mol. The third-order valence-corrected chi connectivity index (χ3v) is 5.42. The predicted octanol–water partition coefficient (Wildman–Crippen LogP) is 2.71. The van der Waals surface area contributed by atoms with Crippen LogP contribution >= 0.6 is 11.3 Å². The molecule has 0 saturated heterocycles. The third kappa shape index (κ3) is 4.00. The zero-order valence-electron chi connectivity index (χ0n) is 13.6. The van der Waals surface area contributed by atoms with Gasteiger partial charge in [-0.1, -0.05) is 0 Å². The zero-order chi connectivity index (χ0) is 15.6. The summed E-state index contributed by atoms with van der Waals surface area (Å²) in [5, 5.41) is 7.81. The van der Waals surface area contributed by atoms with Crippen LogP contribution in [0.15, 0.2) is 17.6 Å². The first kappa shape index (κ1) is 15.3. The molecule has 0 radical (unpaired) electrons.